The number of hydrogen-bond donors (Lipinski definition) is 1. The van der Waals surface area contributed by atoms with E-state index in [0.29, 0.717) is 10.9 Å². The molecule has 0 bridgehead atoms. The smallest absolute Gasteiger partial charge is 0.291 e. The fourth-order valence-electron chi connectivity index (χ4n) is 4.38. The Kier molecular flexibility index (Phi) is 6.50. The van der Waals surface area contributed by atoms with Crippen LogP contribution in [0.25, 0.3) is 0 Å². The highest BCUT2D eigenvalue weighted by Gasteiger charge is 2.50. The van der Waals surface area contributed by atoms with Crippen molar-refractivity contribution in [3.05, 3.63) is 47.5 Å². The van der Waals surface area contributed by atoms with Crippen molar-refractivity contribution in [2.45, 2.75) is 56.5 Å². The molecule has 1 N–H and O–H groups in total. The van der Waals surface area contributed by atoms with Gasteiger partial charge in [0.1, 0.15) is 11.9 Å². The standard InChI is InChI=1S/C21H24F6N4/c1-12-10-13(2)18(12)29-11-30-19-15(8-9-17(21(25,26)27)31(19)28-3)14-6-4-5-7-16(14)20(22,23)24/h4-7,13,15,17-18,29H,1,3,8-11H2,2H3. The molecule has 1 aliphatic heterocycles. The maximum atomic E-state index is 13.6. The maximum absolute atomic E-state index is 13.6. The first-order chi connectivity index (χ1) is 14.4. The van der Waals surface area contributed by atoms with E-state index in [-0.39, 0.29) is 30.5 Å². The Morgan fingerprint density at radius 1 is 1.13 bits per heavy atom. The molecule has 170 valence electrons. The van der Waals surface area contributed by atoms with E-state index in [4.69, 9.17) is 0 Å². The normalized spacial score (nSPS) is 28.5. The van der Waals surface area contributed by atoms with Crippen LogP contribution in [0.15, 0.2) is 46.5 Å². The molecule has 1 saturated carbocycles. The Labute approximate surface area is 176 Å². The van der Waals surface area contributed by atoms with Gasteiger partial charge in [-0.05, 0) is 36.8 Å². The van der Waals surface area contributed by atoms with Crippen molar-refractivity contribution in [1.82, 2.24) is 10.3 Å². The van der Waals surface area contributed by atoms with Crippen LogP contribution >= 0.6 is 0 Å². The topological polar surface area (TPSA) is 40.0 Å². The fraction of sp³-hybridized carbons (Fsp3) is 0.524. The summed E-state index contributed by atoms with van der Waals surface area (Å²) in [5.41, 5.74) is -0.0530. The molecule has 4 atom stereocenters. The van der Waals surface area contributed by atoms with Crippen molar-refractivity contribution in [3.63, 3.8) is 0 Å². The molecule has 2 aliphatic rings. The van der Waals surface area contributed by atoms with Crippen molar-refractivity contribution in [1.29, 1.82) is 0 Å². The number of hydrazone groups is 1. The third-order valence-corrected chi connectivity index (χ3v) is 5.89. The highest BCUT2D eigenvalue weighted by Crippen LogP contribution is 2.43. The Bertz CT molecular complexity index is 860. The van der Waals surface area contributed by atoms with Gasteiger partial charge in [-0.1, -0.05) is 37.3 Å². The first-order valence-electron chi connectivity index (χ1n) is 9.89. The van der Waals surface area contributed by atoms with Gasteiger partial charge >= 0.3 is 12.4 Å². The molecular formula is C21H24F6N4. The molecule has 1 aromatic carbocycles. The number of benzene rings is 1. The summed E-state index contributed by atoms with van der Waals surface area (Å²) in [5.74, 6) is -0.867. The van der Waals surface area contributed by atoms with Crippen LogP contribution in [0.1, 0.15) is 43.2 Å². The van der Waals surface area contributed by atoms with Gasteiger partial charge < -0.3 is 0 Å². The predicted octanol–water partition coefficient (Wildman–Crippen LogP) is 5.34. The van der Waals surface area contributed by atoms with Gasteiger partial charge in [0.15, 0.2) is 0 Å². The summed E-state index contributed by atoms with van der Waals surface area (Å²) in [4.78, 5) is 4.26. The largest absolute Gasteiger partial charge is 0.416 e. The van der Waals surface area contributed by atoms with Crippen LogP contribution in [0.2, 0.25) is 0 Å². The van der Waals surface area contributed by atoms with Crippen LogP contribution in [-0.2, 0) is 6.18 Å². The summed E-state index contributed by atoms with van der Waals surface area (Å²) in [5, 5.41) is 7.24. The number of amidine groups is 1. The maximum Gasteiger partial charge on any atom is 0.416 e. The lowest BCUT2D eigenvalue weighted by Crippen LogP contribution is -2.52. The zero-order valence-corrected chi connectivity index (χ0v) is 17.0. The molecule has 0 aromatic heterocycles. The number of hydrogen-bond acceptors (Lipinski definition) is 3. The Morgan fingerprint density at radius 3 is 2.35 bits per heavy atom. The van der Waals surface area contributed by atoms with Crippen molar-refractivity contribution >= 4 is 12.6 Å². The van der Waals surface area contributed by atoms with E-state index in [1.165, 1.54) is 18.2 Å². The van der Waals surface area contributed by atoms with Gasteiger partial charge in [0, 0.05) is 18.7 Å². The van der Waals surface area contributed by atoms with Crippen LogP contribution < -0.4 is 5.32 Å². The number of rotatable bonds is 5. The molecule has 10 heteroatoms. The third kappa shape index (κ3) is 4.78. The van der Waals surface area contributed by atoms with E-state index < -0.39 is 36.3 Å². The van der Waals surface area contributed by atoms with Gasteiger partial charge in [0.05, 0.1) is 12.2 Å². The molecule has 0 spiro atoms. The van der Waals surface area contributed by atoms with E-state index in [1.807, 2.05) is 6.92 Å². The highest BCUT2D eigenvalue weighted by molar-refractivity contribution is 5.90. The zero-order chi connectivity index (χ0) is 23.0. The van der Waals surface area contributed by atoms with Crippen molar-refractivity contribution < 1.29 is 26.3 Å². The van der Waals surface area contributed by atoms with Crippen molar-refractivity contribution in [3.8, 4) is 0 Å². The molecular weight excluding hydrogens is 422 g/mol. The van der Waals surface area contributed by atoms with Gasteiger partial charge in [0.2, 0.25) is 0 Å². The van der Waals surface area contributed by atoms with Crippen LogP contribution in [0.3, 0.4) is 0 Å². The number of aliphatic imine (C=N–C) groups is 1. The number of halogens is 6. The quantitative estimate of drug-likeness (QED) is 0.377. The van der Waals surface area contributed by atoms with Gasteiger partial charge in [0.25, 0.3) is 0 Å². The second-order valence-electron chi connectivity index (χ2n) is 7.95. The molecule has 0 radical (unpaired) electrons. The van der Waals surface area contributed by atoms with Crippen molar-refractivity contribution in [2.75, 3.05) is 6.67 Å². The molecule has 0 amide bonds. The monoisotopic (exact) mass is 446 g/mol. The van der Waals surface area contributed by atoms with Gasteiger partial charge in [-0.3, -0.25) is 10.3 Å². The van der Waals surface area contributed by atoms with E-state index in [0.717, 1.165) is 18.1 Å². The lowest BCUT2D eigenvalue weighted by Gasteiger charge is -2.40. The van der Waals surface area contributed by atoms with Crippen molar-refractivity contribution in [2.24, 2.45) is 16.0 Å². The first kappa shape index (κ1) is 23.3. The number of alkyl halides is 6. The first-order valence-corrected chi connectivity index (χ1v) is 9.89. The molecule has 1 heterocycles. The second-order valence-corrected chi connectivity index (χ2v) is 7.95. The van der Waals surface area contributed by atoms with Gasteiger partial charge in [-0.15, -0.1) is 0 Å². The fourth-order valence-corrected chi connectivity index (χ4v) is 4.38. The second kappa shape index (κ2) is 8.64. The van der Waals surface area contributed by atoms with E-state index in [9.17, 15) is 26.3 Å². The SMILES string of the molecule is C=NN1C(=NCNC2C(=C)CC2C)C(c2ccccc2C(F)(F)F)CCC1C(F)(F)F. The molecule has 2 fully saturated rings. The van der Waals surface area contributed by atoms with E-state index in [1.54, 1.807) is 0 Å². The average Bonchev–Trinajstić information content (AvgIpc) is 2.69. The minimum absolute atomic E-state index is 0.0302. The number of piperidine rings is 1. The van der Waals surface area contributed by atoms with Gasteiger partial charge in [-0.25, -0.2) is 5.01 Å². The lowest BCUT2D eigenvalue weighted by molar-refractivity contribution is -0.178. The summed E-state index contributed by atoms with van der Waals surface area (Å²) < 4.78 is 81.5. The summed E-state index contributed by atoms with van der Waals surface area (Å²) >= 11 is 0. The van der Waals surface area contributed by atoms with E-state index in [2.05, 4.69) is 28.7 Å². The van der Waals surface area contributed by atoms with E-state index >= 15 is 0 Å². The summed E-state index contributed by atoms with van der Waals surface area (Å²) in [6, 6.07) is 2.86. The zero-order valence-electron chi connectivity index (χ0n) is 17.0. The third-order valence-electron chi connectivity index (χ3n) is 5.89. The molecule has 1 saturated heterocycles. The molecule has 31 heavy (non-hydrogen) atoms. The predicted molar refractivity (Wildman–Crippen MR) is 107 cm³/mol. The molecule has 4 unspecified atom stereocenters. The minimum atomic E-state index is -4.65. The van der Waals surface area contributed by atoms with Crippen LogP contribution in [0, 0.1) is 5.92 Å². The average molecular weight is 446 g/mol. The lowest BCUT2D eigenvalue weighted by atomic mass is 9.77. The molecule has 1 aromatic rings. The molecule has 4 nitrogen and oxygen atoms in total. The van der Waals surface area contributed by atoms with Crippen LogP contribution in [-0.4, -0.2) is 42.5 Å². The molecule has 1 aliphatic carbocycles. The minimum Gasteiger partial charge on any atom is -0.291 e. The Morgan fingerprint density at radius 2 is 1.81 bits per heavy atom. The number of nitrogens with one attached hydrogen (secondary N) is 1. The Balaban J connectivity index is 1.98. The summed E-state index contributed by atoms with van der Waals surface area (Å²) in [7, 11) is 0. The molecule has 3 rings (SSSR count). The van der Waals surface area contributed by atoms with Gasteiger partial charge in [-0.2, -0.15) is 31.4 Å². The van der Waals surface area contributed by atoms with Crippen LogP contribution in [0.5, 0.6) is 0 Å². The van der Waals surface area contributed by atoms with Crippen LogP contribution in [0.4, 0.5) is 26.3 Å². The summed E-state index contributed by atoms with van der Waals surface area (Å²) in [6.45, 7) is 9.08. The highest BCUT2D eigenvalue weighted by atomic mass is 19.4. The number of nitrogens with zero attached hydrogens (tertiary/aromatic N) is 3. The Hall–Kier alpha value is -2.36. The summed E-state index contributed by atoms with van der Waals surface area (Å²) in [6.07, 6.45) is -8.99.